The Balaban J connectivity index is 2.35. The highest BCUT2D eigenvalue weighted by molar-refractivity contribution is 9.10. The van der Waals surface area contributed by atoms with Crippen LogP contribution in [-0.4, -0.2) is 5.78 Å². The first-order valence-corrected chi connectivity index (χ1v) is 7.11. The third-order valence-electron chi connectivity index (χ3n) is 2.89. The van der Waals surface area contributed by atoms with Crippen LogP contribution in [0.4, 0.5) is 5.69 Å². The molecule has 0 saturated carbocycles. The van der Waals surface area contributed by atoms with E-state index in [-0.39, 0.29) is 11.4 Å². The predicted molar refractivity (Wildman–Crippen MR) is 86.9 cm³/mol. The lowest BCUT2D eigenvalue weighted by atomic mass is 10.0. The number of benzene rings is 2. The van der Waals surface area contributed by atoms with Crippen molar-refractivity contribution in [2.75, 3.05) is 5.32 Å². The van der Waals surface area contributed by atoms with E-state index in [1.54, 1.807) is 60.7 Å². The molecule has 5 heteroatoms. The van der Waals surface area contributed by atoms with Crippen LogP contribution in [0.25, 0.3) is 0 Å². The van der Waals surface area contributed by atoms with E-state index in [1.807, 2.05) is 0 Å². The molecular formula is C17H10BrN3O. The lowest BCUT2D eigenvalue weighted by molar-refractivity contribution is 0.103. The van der Waals surface area contributed by atoms with Gasteiger partial charge in [-0.15, -0.1) is 0 Å². The van der Waals surface area contributed by atoms with Gasteiger partial charge >= 0.3 is 0 Å². The molecule has 106 valence electrons. The van der Waals surface area contributed by atoms with Crippen molar-refractivity contribution in [2.24, 2.45) is 0 Å². The van der Waals surface area contributed by atoms with E-state index in [0.29, 0.717) is 16.8 Å². The van der Waals surface area contributed by atoms with E-state index in [2.05, 4.69) is 21.2 Å². The fraction of sp³-hybridized carbons (Fsp3) is 0. The Bertz CT molecular complexity index is 795. The van der Waals surface area contributed by atoms with Crippen LogP contribution >= 0.6 is 15.9 Å². The van der Waals surface area contributed by atoms with Crippen LogP contribution in [-0.2, 0) is 0 Å². The third kappa shape index (κ3) is 3.60. The van der Waals surface area contributed by atoms with Crippen LogP contribution in [0.1, 0.15) is 15.9 Å². The Morgan fingerprint density at radius 2 is 1.68 bits per heavy atom. The Labute approximate surface area is 136 Å². The first kappa shape index (κ1) is 15.5. The molecule has 0 aliphatic rings. The predicted octanol–water partition coefficient (Wildman–Crippen LogP) is 4.02. The summed E-state index contributed by atoms with van der Waals surface area (Å²) in [7, 11) is 0. The van der Waals surface area contributed by atoms with Crippen LogP contribution in [0.3, 0.4) is 0 Å². The van der Waals surface area contributed by atoms with Crippen molar-refractivity contribution in [2.45, 2.75) is 0 Å². The SMILES string of the molecule is N#CC(C#N)=CNc1ccccc1C(=O)c1ccc(Br)cc1. The molecule has 0 aromatic heterocycles. The van der Waals surface area contributed by atoms with E-state index in [4.69, 9.17) is 10.5 Å². The molecule has 0 fully saturated rings. The molecule has 2 aromatic rings. The van der Waals surface area contributed by atoms with Gasteiger partial charge in [0.25, 0.3) is 0 Å². The van der Waals surface area contributed by atoms with Crippen molar-refractivity contribution in [1.29, 1.82) is 10.5 Å². The van der Waals surface area contributed by atoms with Crippen LogP contribution in [0.5, 0.6) is 0 Å². The number of carbonyl (C=O) groups excluding carboxylic acids is 1. The summed E-state index contributed by atoms with van der Waals surface area (Å²) in [5.41, 5.74) is 1.50. The van der Waals surface area contributed by atoms with Gasteiger partial charge in [-0.25, -0.2) is 0 Å². The van der Waals surface area contributed by atoms with E-state index >= 15 is 0 Å². The Kier molecular flexibility index (Phi) is 5.08. The number of carbonyl (C=O) groups is 1. The van der Waals surface area contributed by atoms with Crippen LogP contribution in [0.15, 0.2) is 64.8 Å². The van der Waals surface area contributed by atoms with Gasteiger partial charge in [0.1, 0.15) is 17.7 Å². The second-order valence-electron chi connectivity index (χ2n) is 4.31. The number of anilines is 1. The summed E-state index contributed by atoms with van der Waals surface area (Å²) >= 11 is 3.33. The molecule has 0 heterocycles. The molecule has 0 unspecified atom stereocenters. The van der Waals surface area contributed by atoms with Crippen molar-refractivity contribution >= 4 is 27.4 Å². The lowest BCUT2D eigenvalue weighted by Crippen LogP contribution is -2.05. The second-order valence-corrected chi connectivity index (χ2v) is 5.22. The summed E-state index contributed by atoms with van der Waals surface area (Å²) in [6, 6.07) is 17.5. The van der Waals surface area contributed by atoms with Gasteiger partial charge < -0.3 is 5.32 Å². The second kappa shape index (κ2) is 7.21. The Morgan fingerprint density at radius 3 is 2.32 bits per heavy atom. The standard InChI is InChI=1S/C17H10BrN3O/c18-14-7-5-13(6-8-14)17(22)15-3-1-2-4-16(15)21-11-12(9-19)10-20/h1-8,11,21H. The first-order chi connectivity index (χ1) is 10.7. The summed E-state index contributed by atoms with van der Waals surface area (Å²) in [6.07, 6.45) is 1.29. The molecule has 4 nitrogen and oxygen atoms in total. The van der Waals surface area contributed by atoms with E-state index < -0.39 is 0 Å². The van der Waals surface area contributed by atoms with E-state index in [0.717, 1.165) is 4.47 Å². The summed E-state index contributed by atoms with van der Waals surface area (Å²) in [5, 5.41) is 20.3. The summed E-state index contributed by atoms with van der Waals surface area (Å²) < 4.78 is 0.895. The quantitative estimate of drug-likeness (QED) is 0.666. The molecule has 22 heavy (non-hydrogen) atoms. The molecule has 0 bridgehead atoms. The number of halogens is 1. The van der Waals surface area contributed by atoms with Crippen molar-refractivity contribution in [1.82, 2.24) is 0 Å². The minimum atomic E-state index is -0.139. The zero-order valence-corrected chi connectivity index (χ0v) is 13.0. The first-order valence-electron chi connectivity index (χ1n) is 6.32. The highest BCUT2D eigenvalue weighted by Crippen LogP contribution is 2.20. The summed E-state index contributed by atoms with van der Waals surface area (Å²) in [5.74, 6) is -0.139. The number of nitriles is 2. The van der Waals surface area contributed by atoms with Crippen molar-refractivity contribution < 1.29 is 4.79 Å². The topological polar surface area (TPSA) is 76.7 Å². The van der Waals surface area contributed by atoms with Gasteiger partial charge in [-0.3, -0.25) is 4.79 Å². The maximum absolute atomic E-state index is 12.6. The normalized spacial score (nSPS) is 9.23. The molecule has 0 aliphatic carbocycles. The van der Waals surface area contributed by atoms with Gasteiger partial charge in [-0.05, 0) is 36.4 Å². The number of ketones is 1. The highest BCUT2D eigenvalue weighted by atomic mass is 79.9. The number of rotatable bonds is 4. The lowest BCUT2D eigenvalue weighted by Gasteiger charge is -2.08. The van der Waals surface area contributed by atoms with Crippen LogP contribution in [0.2, 0.25) is 0 Å². The molecule has 0 aliphatic heterocycles. The molecule has 2 aromatic carbocycles. The number of allylic oxidation sites excluding steroid dienone is 1. The van der Waals surface area contributed by atoms with Gasteiger partial charge in [-0.1, -0.05) is 28.1 Å². The largest absolute Gasteiger partial charge is 0.359 e. The maximum atomic E-state index is 12.6. The van der Waals surface area contributed by atoms with Crippen LogP contribution < -0.4 is 5.32 Å². The number of nitrogens with zero attached hydrogens (tertiary/aromatic N) is 2. The van der Waals surface area contributed by atoms with Crippen molar-refractivity contribution in [3.8, 4) is 12.1 Å². The molecule has 1 N–H and O–H groups in total. The smallest absolute Gasteiger partial charge is 0.195 e. The Morgan fingerprint density at radius 1 is 1.05 bits per heavy atom. The zero-order valence-electron chi connectivity index (χ0n) is 11.4. The maximum Gasteiger partial charge on any atom is 0.195 e. The van der Waals surface area contributed by atoms with Gasteiger partial charge in [0.2, 0.25) is 0 Å². The fourth-order valence-electron chi connectivity index (χ4n) is 1.80. The molecule has 0 spiro atoms. The zero-order chi connectivity index (χ0) is 15.9. The number of nitrogens with one attached hydrogen (secondary N) is 1. The molecule has 0 atom stereocenters. The van der Waals surface area contributed by atoms with E-state index in [9.17, 15) is 4.79 Å². The van der Waals surface area contributed by atoms with Crippen molar-refractivity contribution in [3.63, 3.8) is 0 Å². The molecular weight excluding hydrogens is 342 g/mol. The summed E-state index contributed by atoms with van der Waals surface area (Å²) in [4.78, 5) is 12.6. The van der Waals surface area contributed by atoms with Gasteiger partial charge in [-0.2, -0.15) is 10.5 Å². The molecule has 0 saturated heterocycles. The van der Waals surface area contributed by atoms with Gasteiger partial charge in [0, 0.05) is 27.5 Å². The summed E-state index contributed by atoms with van der Waals surface area (Å²) in [6.45, 7) is 0. The number of hydrogen-bond donors (Lipinski definition) is 1. The minimum Gasteiger partial charge on any atom is -0.359 e. The number of hydrogen-bond acceptors (Lipinski definition) is 4. The van der Waals surface area contributed by atoms with E-state index in [1.165, 1.54) is 6.20 Å². The molecule has 0 radical (unpaired) electrons. The van der Waals surface area contributed by atoms with Crippen LogP contribution in [0, 0.1) is 22.7 Å². The van der Waals surface area contributed by atoms with Gasteiger partial charge in [0.05, 0.1) is 0 Å². The van der Waals surface area contributed by atoms with Gasteiger partial charge in [0.15, 0.2) is 5.78 Å². The van der Waals surface area contributed by atoms with Crippen molar-refractivity contribution in [3.05, 3.63) is 75.9 Å². The molecule has 2 rings (SSSR count). The highest BCUT2D eigenvalue weighted by Gasteiger charge is 2.12. The average Bonchev–Trinajstić information content (AvgIpc) is 2.56. The third-order valence-corrected chi connectivity index (χ3v) is 3.42. The number of para-hydroxylation sites is 1. The average molecular weight is 352 g/mol. The monoisotopic (exact) mass is 351 g/mol. The molecule has 0 amide bonds. The minimum absolute atomic E-state index is 0.0640. The fourth-order valence-corrected chi connectivity index (χ4v) is 2.07. The Hall–Kier alpha value is -2.89.